The first-order chi connectivity index (χ1) is 9.85. The summed E-state index contributed by atoms with van der Waals surface area (Å²) in [7, 11) is 1.68. The van der Waals surface area contributed by atoms with Crippen LogP contribution >= 0.6 is 0 Å². The lowest BCUT2D eigenvalue weighted by Gasteiger charge is -2.06. The Morgan fingerprint density at radius 3 is 2.95 bits per heavy atom. The van der Waals surface area contributed by atoms with Crippen LogP contribution < -0.4 is 10.1 Å². The zero-order valence-electron chi connectivity index (χ0n) is 11.9. The molecule has 0 amide bonds. The first kappa shape index (κ1) is 14.6. The monoisotopic (exact) mass is 276 g/mol. The van der Waals surface area contributed by atoms with Gasteiger partial charge in [-0.05, 0) is 19.1 Å². The fourth-order valence-corrected chi connectivity index (χ4v) is 1.83. The van der Waals surface area contributed by atoms with Crippen molar-refractivity contribution in [2.24, 2.45) is 0 Å². The SMILES string of the molecule is CCOc1ccccc1-c1nc(CNCCOC)co1. The summed E-state index contributed by atoms with van der Waals surface area (Å²) in [6.07, 6.45) is 1.66. The molecule has 108 valence electrons. The molecule has 0 unspecified atom stereocenters. The van der Waals surface area contributed by atoms with Crippen LogP contribution in [0.4, 0.5) is 0 Å². The minimum Gasteiger partial charge on any atom is -0.493 e. The summed E-state index contributed by atoms with van der Waals surface area (Å²) in [5.74, 6) is 1.37. The number of oxazole rings is 1. The number of ether oxygens (including phenoxy) is 2. The van der Waals surface area contributed by atoms with Crippen LogP contribution in [0, 0.1) is 0 Å². The molecule has 5 heteroatoms. The van der Waals surface area contributed by atoms with E-state index in [1.807, 2.05) is 31.2 Å². The maximum Gasteiger partial charge on any atom is 0.229 e. The van der Waals surface area contributed by atoms with E-state index in [1.54, 1.807) is 13.4 Å². The fraction of sp³-hybridized carbons (Fsp3) is 0.400. The first-order valence-corrected chi connectivity index (χ1v) is 6.71. The van der Waals surface area contributed by atoms with Crippen LogP contribution in [-0.4, -0.2) is 31.9 Å². The summed E-state index contributed by atoms with van der Waals surface area (Å²) in [5, 5.41) is 3.23. The molecule has 0 saturated carbocycles. The highest BCUT2D eigenvalue weighted by atomic mass is 16.5. The Bertz CT molecular complexity index is 525. The minimum atomic E-state index is 0.581. The van der Waals surface area contributed by atoms with Crippen molar-refractivity contribution < 1.29 is 13.9 Å². The van der Waals surface area contributed by atoms with Crippen LogP contribution in [0.2, 0.25) is 0 Å². The van der Waals surface area contributed by atoms with Gasteiger partial charge in [0, 0.05) is 20.2 Å². The van der Waals surface area contributed by atoms with Crippen molar-refractivity contribution in [3.63, 3.8) is 0 Å². The van der Waals surface area contributed by atoms with Crippen LogP contribution in [0.3, 0.4) is 0 Å². The lowest BCUT2D eigenvalue weighted by molar-refractivity contribution is 0.199. The largest absolute Gasteiger partial charge is 0.493 e. The lowest BCUT2D eigenvalue weighted by Crippen LogP contribution is -2.18. The van der Waals surface area contributed by atoms with Crippen molar-refractivity contribution in [3.8, 4) is 17.2 Å². The third-order valence-corrected chi connectivity index (χ3v) is 2.76. The molecule has 20 heavy (non-hydrogen) atoms. The summed E-state index contributed by atoms with van der Waals surface area (Å²) < 4.78 is 16.1. The molecule has 0 bridgehead atoms. The first-order valence-electron chi connectivity index (χ1n) is 6.71. The molecule has 1 aromatic heterocycles. The van der Waals surface area contributed by atoms with E-state index in [0.29, 0.717) is 25.6 Å². The van der Waals surface area contributed by atoms with Crippen molar-refractivity contribution >= 4 is 0 Å². The molecular formula is C15H20N2O3. The highest BCUT2D eigenvalue weighted by Crippen LogP contribution is 2.29. The second-order valence-electron chi connectivity index (χ2n) is 4.24. The number of rotatable bonds is 8. The Morgan fingerprint density at radius 1 is 1.30 bits per heavy atom. The van der Waals surface area contributed by atoms with Crippen LogP contribution in [0.25, 0.3) is 11.5 Å². The van der Waals surface area contributed by atoms with Crippen molar-refractivity contribution in [1.82, 2.24) is 10.3 Å². The second-order valence-corrected chi connectivity index (χ2v) is 4.24. The molecule has 5 nitrogen and oxygen atoms in total. The van der Waals surface area contributed by atoms with Gasteiger partial charge in [-0.2, -0.15) is 0 Å². The molecule has 0 spiro atoms. The average molecular weight is 276 g/mol. The zero-order chi connectivity index (χ0) is 14.2. The fourth-order valence-electron chi connectivity index (χ4n) is 1.83. The topological polar surface area (TPSA) is 56.5 Å². The zero-order valence-corrected chi connectivity index (χ0v) is 11.9. The third kappa shape index (κ3) is 3.82. The van der Waals surface area contributed by atoms with Gasteiger partial charge in [0.15, 0.2) is 0 Å². The van der Waals surface area contributed by atoms with E-state index in [1.165, 1.54) is 0 Å². The van der Waals surface area contributed by atoms with Gasteiger partial charge in [0.1, 0.15) is 12.0 Å². The molecule has 1 N–H and O–H groups in total. The van der Waals surface area contributed by atoms with E-state index < -0.39 is 0 Å². The molecule has 0 saturated heterocycles. The van der Waals surface area contributed by atoms with Crippen LogP contribution in [-0.2, 0) is 11.3 Å². The smallest absolute Gasteiger partial charge is 0.229 e. The van der Waals surface area contributed by atoms with Crippen LogP contribution in [0.1, 0.15) is 12.6 Å². The number of hydrogen-bond acceptors (Lipinski definition) is 5. The van der Waals surface area contributed by atoms with E-state index >= 15 is 0 Å². The molecule has 0 atom stereocenters. The maximum absolute atomic E-state index is 5.58. The molecule has 2 aromatic rings. The quantitative estimate of drug-likeness (QED) is 0.751. The predicted molar refractivity (Wildman–Crippen MR) is 76.7 cm³/mol. The van der Waals surface area contributed by atoms with E-state index in [0.717, 1.165) is 23.6 Å². The van der Waals surface area contributed by atoms with Gasteiger partial charge < -0.3 is 19.2 Å². The van der Waals surface area contributed by atoms with E-state index in [9.17, 15) is 0 Å². The van der Waals surface area contributed by atoms with Gasteiger partial charge >= 0.3 is 0 Å². The van der Waals surface area contributed by atoms with Gasteiger partial charge in [0.25, 0.3) is 0 Å². The van der Waals surface area contributed by atoms with Crippen molar-refractivity contribution in [3.05, 3.63) is 36.2 Å². The number of benzene rings is 1. The van der Waals surface area contributed by atoms with Crippen molar-refractivity contribution in [2.75, 3.05) is 26.9 Å². The number of aromatic nitrogens is 1. The Labute approximate surface area is 118 Å². The van der Waals surface area contributed by atoms with Gasteiger partial charge in [-0.1, -0.05) is 12.1 Å². The summed E-state index contributed by atoms with van der Waals surface area (Å²) in [6.45, 7) is 4.69. The molecule has 0 fully saturated rings. The molecule has 1 aromatic carbocycles. The van der Waals surface area contributed by atoms with Gasteiger partial charge in [-0.15, -0.1) is 0 Å². The third-order valence-electron chi connectivity index (χ3n) is 2.76. The van der Waals surface area contributed by atoms with Gasteiger partial charge in [-0.3, -0.25) is 0 Å². The summed E-state index contributed by atoms with van der Waals surface area (Å²) in [4.78, 5) is 4.47. The van der Waals surface area contributed by atoms with Gasteiger partial charge in [0.2, 0.25) is 5.89 Å². The summed E-state index contributed by atoms with van der Waals surface area (Å²) in [6, 6.07) is 7.74. The van der Waals surface area contributed by atoms with Crippen molar-refractivity contribution in [1.29, 1.82) is 0 Å². The molecule has 2 rings (SSSR count). The summed E-state index contributed by atoms with van der Waals surface area (Å²) >= 11 is 0. The molecule has 0 aliphatic rings. The molecule has 0 aliphatic carbocycles. The number of methoxy groups -OCH3 is 1. The molecule has 1 heterocycles. The number of nitrogens with one attached hydrogen (secondary N) is 1. The van der Waals surface area contributed by atoms with Gasteiger partial charge in [-0.25, -0.2) is 4.98 Å². The van der Waals surface area contributed by atoms with E-state index in [-0.39, 0.29) is 0 Å². The Balaban J connectivity index is 2.04. The molecule has 0 aliphatic heterocycles. The van der Waals surface area contributed by atoms with Crippen LogP contribution in [0.15, 0.2) is 34.9 Å². The molecular weight excluding hydrogens is 256 g/mol. The highest BCUT2D eigenvalue weighted by molar-refractivity contribution is 5.62. The predicted octanol–water partition coefficient (Wildman–Crippen LogP) is 2.48. The molecule has 0 radical (unpaired) electrons. The number of nitrogens with zero attached hydrogens (tertiary/aromatic N) is 1. The second kappa shape index (κ2) is 7.67. The Kier molecular flexibility index (Phi) is 5.58. The Morgan fingerprint density at radius 2 is 2.15 bits per heavy atom. The number of para-hydroxylation sites is 1. The minimum absolute atomic E-state index is 0.581. The normalized spacial score (nSPS) is 10.7. The standard InChI is InChI=1S/C15H20N2O3/c1-3-19-14-7-5-4-6-13(14)15-17-12(11-20-15)10-16-8-9-18-2/h4-7,11,16H,3,8-10H2,1-2H3. The van der Waals surface area contributed by atoms with E-state index in [4.69, 9.17) is 13.9 Å². The Hall–Kier alpha value is -1.85. The number of hydrogen-bond donors (Lipinski definition) is 1. The van der Waals surface area contributed by atoms with Crippen LogP contribution in [0.5, 0.6) is 5.75 Å². The van der Waals surface area contributed by atoms with Gasteiger partial charge in [0.05, 0.1) is 24.5 Å². The highest BCUT2D eigenvalue weighted by Gasteiger charge is 2.11. The van der Waals surface area contributed by atoms with E-state index in [2.05, 4.69) is 10.3 Å². The lowest BCUT2D eigenvalue weighted by atomic mass is 10.2. The average Bonchev–Trinajstić information content (AvgIpc) is 2.93. The van der Waals surface area contributed by atoms with Crippen molar-refractivity contribution in [2.45, 2.75) is 13.5 Å². The maximum atomic E-state index is 5.58. The summed E-state index contributed by atoms with van der Waals surface area (Å²) in [5.41, 5.74) is 1.74.